The molecule has 0 aliphatic heterocycles. The van der Waals surface area contributed by atoms with E-state index in [4.69, 9.17) is 11.0 Å². The van der Waals surface area contributed by atoms with Crippen LogP contribution in [0.25, 0.3) is 26.9 Å². The van der Waals surface area contributed by atoms with Gasteiger partial charge in [-0.05, 0) is 42.3 Å². The van der Waals surface area contributed by atoms with E-state index in [1.807, 2.05) is 0 Å². The van der Waals surface area contributed by atoms with Gasteiger partial charge < -0.3 is 9.52 Å². The van der Waals surface area contributed by atoms with Gasteiger partial charge in [-0.1, -0.05) is 12.1 Å². The van der Waals surface area contributed by atoms with Crippen LogP contribution in [0.3, 0.4) is 0 Å². The van der Waals surface area contributed by atoms with Crippen molar-refractivity contribution in [1.29, 1.82) is 0 Å². The van der Waals surface area contributed by atoms with Crippen molar-refractivity contribution in [3.63, 3.8) is 0 Å². The minimum absolute atomic E-state index is 0.0199. The SMILES string of the molecule is [C-]#[N+]c1cc(-c2ccc(C)c(O)c2)c2oc(C(F)(F)F)cc2c1. The molecule has 116 valence electrons. The highest BCUT2D eigenvalue weighted by Gasteiger charge is 2.35. The number of fused-ring (bicyclic) bond motifs is 1. The van der Waals surface area contributed by atoms with Gasteiger partial charge in [0.15, 0.2) is 5.69 Å². The number of furan rings is 1. The van der Waals surface area contributed by atoms with Gasteiger partial charge in [0, 0.05) is 10.9 Å². The number of aryl methyl sites for hydroxylation is 1. The van der Waals surface area contributed by atoms with Crippen molar-refractivity contribution in [3.8, 4) is 16.9 Å². The van der Waals surface area contributed by atoms with Crippen LogP contribution < -0.4 is 0 Å². The Bertz CT molecular complexity index is 949. The molecule has 1 aromatic heterocycles. The maximum Gasteiger partial charge on any atom is 0.449 e. The van der Waals surface area contributed by atoms with Crippen LogP contribution in [0.5, 0.6) is 5.75 Å². The largest absolute Gasteiger partial charge is 0.508 e. The molecule has 3 rings (SSSR count). The van der Waals surface area contributed by atoms with Gasteiger partial charge in [0.2, 0.25) is 5.76 Å². The highest BCUT2D eigenvalue weighted by molar-refractivity contribution is 5.96. The summed E-state index contributed by atoms with van der Waals surface area (Å²) in [7, 11) is 0. The number of halogens is 3. The second-order valence-corrected chi connectivity index (χ2v) is 5.13. The molecule has 0 atom stereocenters. The molecule has 1 heterocycles. The lowest BCUT2D eigenvalue weighted by molar-refractivity contribution is -0.152. The Morgan fingerprint density at radius 1 is 1.13 bits per heavy atom. The number of aromatic hydroxyl groups is 1. The number of alkyl halides is 3. The molecule has 0 spiro atoms. The van der Waals surface area contributed by atoms with Gasteiger partial charge >= 0.3 is 6.18 Å². The Morgan fingerprint density at radius 3 is 2.48 bits per heavy atom. The first-order chi connectivity index (χ1) is 10.8. The molecule has 2 aromatic carbocycles. The van der Waals surface area contributed by atoms with E-state index in [0.29, 0.717) is 16.7 Å². The number of hydrogen-bond acceptors (Lipinski definition) is 2. The van der Waals surface area contributed by atoms with Gasteiger partial charge in [0.05, 0.1) is 6.57 Å². The van der Waals surface area contributed by atoms with Crippen molar-refractivity contribution in [2.45, 2.75) is 13.1 Å². The average Bonchev–Trinajstić information content (AvgIpc) is 2.93. The number of rotatable bonds is 1. The number of phenolic OH excluding ortho intramolecular Hbond substituents is 1. The van der Waals surface area contributed by atoms with Crippen LogP contribution in [-0.2, 0) is 6.18 Å². The van der Waals surface area contributed by atoms with Crippen LogP contribution in [0.4, 0.5) is 18.9 Å². The molecule has 6 heteroatoms. The standard InChI is InChI=1S/C17H10F3NO2/c1-9-3-4-10(6-14(9)22)13-8-12(21-2)5-11-7-15(17(18,19)20)23-16(11)13/h3-8,22H,1H3. The second-order valence-electron chi connectivity index (χ2n) is 5.13. The van der Waals surface area contributed by atoms with Crippen LogP contribution in [0.1, 0.15) is 11.3 Å². The van der Waals surface area contributed by atoms with Crippen LogP contribution >= 0.6 is 0 Å². The van der Waals surface area contributed by atoms with E-state index in [-0.39, 0.29) is 22.4 Å². The van der Waals surface area contributed by atoms with E-state index in [0.717, 1.165) is 6.07 Å². The lowest BCUT2D eigenvalue weighted by Gasteiger charge is -2.06. The van der Waals surface area contributed by atoms with Crippen molar-refractivity contribution in [3.05, 3.63) is 59.1 Å². The maximum absolute atomic E-state index is 12.9. The molecule has 23 heavy (non-hydrogen) atoms. The summed E-state index contributed by atoms with van der Waals surface area (Å²) in [5.41, 5.74) is 1.68. The van der Waals surface area contributed by atoms with Gasteiger partial charge in [0.25, 0.3) is 0 Å². The lowest BCUT2D eigenvalue weighted by Crippen LogP contribution is -2.01. The molecule has 0 aliphatic carbocycles. The monoisotopic (exact) mass is 317 g/mol. The number of phenols is 1. The van der Waals surface area contributed by atoms with Crippen LogP contribution in [0, 0.1) is 13.5 Å². The van der Waals surface area contributed by atoms with Gasteiger partial charge in [0.1, 0.15) is 11.3 Å². The van der Waals surface area contributed by atoms with E-state index < -0.39 is 11.9 Å². The molecule has 0 unspecified atom stereocenters. The zero-order chi connectivity index (χ0) is 16.8. The Labute approximate surface area is 129 Å². The molecule has 0 amide bonds. The zero-order valence-electron chi connectivity index (χ0n) is 11.9. The van der Waals surface area contributed by atoms with E-state index in [1.165, 1.54) is 18.2 Å². The second kappa shape index (κ2) is 5.06. The van der Waals surface area contributed by atoms with Gasteiger partial charge in [-0.25, -0.2) is 4.85 Å². The Balaban J connectivity index is 2.32. The lowest BCUT2D eigenvalue weighted by atomic mass is 10.0. The molecule has 0 fully saturated rings. The molecule has 1 N–H and O–H groups in total. The molecule has 0 bridgehead atoms. The summed E-state index contributed by atoms with van der Waals surface area (Å²) in [5, 5.41) is 10.0. The fraction of sp³-hybridized carbons (Fsp3) is 0.118. The smallest absolute Gasteiger partial charge is 0.449 e. The van der Waals surface area contributed by atoms with E-state index in [1.54, 1.807) is 19.1 Å². The Kier molecular flexibility index (Phi) is 3.29. The van der Waals surface area contributed by atoms with Crippen LogP contribution in [0.15, 0.2) is 40.8 Å². The fourth-order valence-electron chi connectivity index (χ4n) is 2.33. The minimum Gasteiger partial charge on any atom is -0.508 e. The molecular formula is C17H10F3NO2. The van der Waals surface area contributed by atoms with Crippen LogP contribution in [0.2, 0.25) is 0 Å². The number of hydrogen-bond donors (Lipinski definition) is 1. The molecule has 0 saturated carbocycles. The highest BCUT2D eigenvalue weighted by Crippen LogP contribution is 2.40. The van der Waals surface area contributed by atoms with E-state index in [2.05, 4.69) is 4.85 Å². The predicted octanol–water partition coefficient (Wildman–Crippen LogP) is 5.68. The first-order valence-corrected chi connectivity index (χ1v) is 6.62. The average molecular weight is 317 g/mol. The van der Waals surface area contributed by atoms with Gasteiger partial charge in [-0.3, -0.25) is 0 Å². The van der Waals surface area contributed by atoms with Crippen molar-refractivity contribution < 1.29 is 22.7 Å². The summed E-state index contributed by atoms with van der Waals surface area (Å²) < 4.78 is 43.6. The molecule has 0 radical (unpaired) electrons. The quantitative estimate of drug-likeness (QED) is 0.586. The first-order valence-electron chi connectivity index (χ1n) is 6.62. The van der Waals surface area contributed by atoms with Crippen molar-refractivity contribution >= 4 is 16.7 Å². The molecule has 0 saturated heterocycles. The van der Waals surface area contributed by atoms with Gasteiger partial charge in [-0.2, -0.15) is 13.2 Å². The zero-order valence-corrected chi connectivity index (χ0v) is 11.9. The third kappa shape index (κ3) is 2.61. The highest BCUT2D eigenvalue weighted by atomic mass is 19.4. The summed E-state index contributed by atoms with van der Waals surface area (Å²) in [5.74, 6) is -1.10. The first kappa shape index (κ1) is 15.0. The maximum atomic E-state index is 12.9. The van der Waals surface area contributed by atoms with E-state index >= 15 is 0 Å². The van der Waals surface area contributed by atoms with Crippen molar-refractivity contribution in [2.75, 3.05) is 0 Å². The van der Waals surface area contributed by atoms with Gasteiger partial charge in [-0.15, -0.1) is 0 Å². The molecule has 0 aliphatic rings. The summed E-state index contributed by atoms with van der Waals surface area (Å²) in [4.78, 5) is 3.28. The summed E-state index contributed by atoms with van der Waals surface area (Å²) in [6.07, 6.45) is -4.61. The van der Waals surface area contributed by atoms with E-state index in [9.17, 15) is 18.3 Å². The summed E-state index contributed by atoms with van der Waals surface area (Å²) in [6, 6.07) is 8.42. The summed E-state index contributed by atoms with van der Waals surface area (Å²) >= 11 is 0. The topological polar surface area (TPSA) is 37.7 Å². The number of benzene rings is 2. The third-order valence-corrected chi connectivity index (χ3v) is 3.53. The third-order valence-electron chi connectivity index (χ3n) is 3.53. The van der Waals surface area contributed by atoms with Crippen LogP contribution in [-0.4, -0.2) is 5.11 Å². The van der Waals surface area contributed by atoms with Crippen molar-refractivity contribution in [2.24, 2.45) is 0 Å². The fourth-order valence-corrected chi connectivity index (χ4v) is 2.33. The van der Waals surface area contributed by atoms with Crippen molar-refractivity contribution in [1.82, 2.24) is 0 Å². The molecular weight excluding hydrogens is 307 g/mol. The predicted molar refractivity (Wildman–Crippen MR) is 79.3 cm³/mol. The number of nitrogens with zero attached hydrogens (tertiary/aromatic N) is 1. The normalized spacial score (nSPS) is 11.6. The molecule has 3 aromatic rings. The molecule has 3 nitrogen and oxygen atoms in total. The minimum atomic E-state index is -4.61. The Morgan fingerprint density at radius 2 is 1.87 bits per heavy atom. The Hall–Kier alpha value is -2.94. The summed E-state index contributed by atoms with van der Waals surface area (Å²) in [6.45, 7) is 8.81.